The van der Waals surface area contributed by atoms with Crippen LogP contribution in [0.5, 0.6) is 0 Å². The van der Waals surface area contributed by atoms with Crippen LogP contribution >= 0.6 is 22.9 Å². The van der Waals surface area contributed by atoms with E-state index in [-0.39, 0.29) is 6.29 Å². The fraction of sp³-hybridized carbons (Fsp3) is 0.500. The minimum absolute atomic E-state index is 0.179. The Morgan fingerprint density at radius 1 is 1.50 bits per heavy atom. The van der Waals surface area contributed by atoms with E-state index in [2.05, 4.69) is 0 Å². The molecule has 1 fully saturated rings. The molecule has 1 saturated heterocycles. The molecule has 0 aromatic carbocycles. The van der Waals surface area contributed by atoms with Gasteiger partial charge in [-0.05, 0) is 18.6 Å². The maximum absolute atomic E-state index is 5.92. The predicted molar refractivity (Wildman–Crippen MR) is 48.7 cm³/mol. The summed E-state index contributed by atoms with van der Waals surface area (Å²) in [6.07, 6.45) is -0.179. The second-order valence-corrected chi connectivity index (χ2v) is 4.36. The molecule has 0 unspecified atom stereocenters. The van der Waals surface area contributed by atoms with E-state index in [0.717, 1.165) is 14.8 Å². The van der Waals surface area contributed by atoms with Crippen molar-refractivity contribution in [1.82, 2.24) is 0 Å². The molecule has 0 bridgehead atoms. The average molecular weight is 205 g/mol. The zero-order valence-corrected chi connectivity index (χ0v) is 8.24. The number of halogens is 1. The van der Waals surface area contributed by atoms with Gasteiger partial charge in [-0.3, -0.25) is 0 Å². The number of thiophene rings is 1. The molecule has 0 radical (unpaired) electrons. The molecule has 0 aliphatic carbocycles. The van der Waals surface area contributed by atoms with Crippen molar-refractivity contribution in [2.75, 3.05) is 13.2 Å². The van der Waals surface area contributed by atoms with Crippen LogP contribution in [0.1, 0.15) is 16.7 Å². The van der Waals surface area contributed by atoms with Crippen LogP contribution in [0.15, 0.2) is 6.07 Å². The molecule has 2 nitrogen and oxygen atoms in total. The Morgan fingerprint density at radius 2 is 2.17 bits per heavy atom. The molecule has 12 heavy (non-hydrogen) atoms. The standard InChI is InChI=1S/C8H9ClO2S/c1-5-4-6(12-7(5)9)8-10-2-3-11-8/h4,8H,2-3H2,1H3. The molecular weight excluding hydrogens is 196 g/mol. The maximum atomic E-state index is 5.92. The Labute approximate surface area is 80.1 Å². The van der Waals surface area contributed by atoms with E-state index >= 15 is 0 Å². The van der Waals surface area contributed by atoms with Crippen LogP contribution in [0, 0.1) is 6.92 Å². The molecule has 0 N–H and O–H groups in total. The first-order chi connectivity index (χ1) is 5.77. The highest BCUT2D eigenvalue weighted by molar-refractivity contribution is 7.16. The lowest BCUT2D eigenvalue weighted by molar-refractivity contribution is -0.0413. The maximum Gasteiger partial charge on any atom is 0.193 e. The Balaban J connectivity index is 2.21. The highest BCUT2D eigenvalue weighted by Crippen LogP contribution is 2.34. The van der Waals surface area contributed by atoms with E-state index < -0.39 is 0 Å². The molecule has 1 aliphatic rings. The van der Waals surface area contributed by atoms with Crippen LogP contribution in [0.4, 0.5) is 0 Å². The predicted octanol–water partition coefficient (Wildman–Crippen LogP) is 2.76. The topological polar surface area (TPSA) is 18.5 Å². The molecule has 2 rings (SSSR count). The van der Waals surface area contributed by atoms with Gasteiger partial charge >= 0.3 is 0 Å². The first kappa shape index (κ1) is 8.51. The second kappa shape index (κ2) is 3.34. The number of rotatable bonds is 1. The van der Waals surface area contributed by atoms with Gasteiger partial charge in [-0.25, -0.2) is 0 Å². The third-order valence-corrected chi connectivity index (χ3v) is 3.31. The van der Waals surface area contributed by atoms with Crippen LogP contribution in [0.3, 0.4) is 0 Å². The van der Waals surface area contributed by atoms with Gasteiger partial charge in [0.15, 0.2) is 6.29 Å². The summed E-state index contributed by atoms with van der Waals surface area (Å²) in [5, 5.41) is 0. The molecule has 2 heterocycles. The lowest BCUT2D eigenvalue weighted by atomic mass is 10.3. The van der Waals surface area contributed by atoms with E-state index in [1.807, 2.05) is 13.0 Å². The normalized spacial score (nSPS) is 18.8. The van der Waals surface area contributed by atoms with Crippen LogP contribution in [-0.2, 0) is 9.47 Å². The van der Waals surface area contributed by atoms with E-state index in [1.165, 1.54) is 11.3 Å². The van der Waals surface area contributed by atoms with Crippen molar-refractivity contribution in [2.24, 2.45) is 0 Å². The summed E-state index contributed by atoms with van der Waals surface area (Å²) in [5.41, 5.74) is 1.09. The monoisotopic (exact) mass is 204 g/mol. The minimum atomic E-state index is -0.179. The summed E-state index contributed by atoms with van der Waals surface area (Å²) in [6, 6.07) is 2.02. The molecule has 0 saturated carbocycles. The smallest absolute Gasteiger partial charge is 0.193 e. The summed E-state index contributed by atoms with van der Waals surface area (Å²) in [6.45, 7) is 3.34. The van der Waals surface area contributed by atoms with E-state index in [0.29, 0.717) is 13.2 Å². The summed E-state index contributed by atoms with van der Waals surface area (Å²) in [5.74, 6) is 0. The Hall–Kier alpha value is -0.0900. The Morgan fingerprint density at radius 3 is 2.67 bits per heavy atom. The van der Waals surface area contributed by atoms with Gasteiger partial charge in [0.2, 0.25) is 0 Å². The van der Waals surface area contributed by atoms with Crippen molar-refractivity contribution >= 4 is 22.9 Å². The van der Waals surface area contributed by atoms with Crippen molar-refractivity contribution in [3.63, 3.8) is 0 Å². The van der Waals surface area contributed by atoms with Crippen molar-refractivity contribution in [2.45, 2.75) is 13.2 Å². The van der Waals surface area contributed by atoms with Crippen molar-refractivity contribution in [1.29, 1.82) is 0 Å². The van der Waals surface area contributed by atoms with Gasteiger partial charge in [-0.2, -0.15) is 0 Å². The third kappa shape index (κ3) is 1.50. The molecule has 1 aliphatic heterocycles. The highest BCUT2D eigenvalue weighted by atomic mass is 35.5. The van der Waals surface area contributed by atoms with Gasteiger partial charge < -0.3 is 9.47 Å². The van der Waals surface area contributed by atoms with Gasteiger partial charge in [-0.1, -0.05) is 11.6 Å². The van der Waals surface area contributed by atoms with Crippen LogP contribution in [0.2, 0.25) is 4.34 Å². The molecule has 1 aromatic rings. The largest absolute Gasteiger partial charge is 0.345 e. The van der Waals surface area contributed by atoms with E-state index in [1.54, 1.807) is 0 Å². The summed E-state index contributed by atoms with van der Waals surface area (Å²) in [7, 11) is 0. The fourth-order valence-electron chi connectivity index (χ4n) is 1.12. The summed E-state index contributed by atoms with van der Waals surface area (Å²) < 4.78 is 11.5. The lowest BCUT2D eigenvalue weighted by Crippen LogP contribution is -1.93. The number of aryl methyl sites for hydroxylation is 1. The quantitative estimate of drug-likeness (QED) is 0.701. The molecule has 1 aromatic heterocycles. The summed E-state index contributed by atoms with van der Waals surface area (Å²) >= 11 is 7.44. The van der Waals surface area contributed by atoms with Gasteiger partial charge in [0.1, 0.15) is 0 Å². The van der Waals surface area contributed by atoms with E-state index in [9.17, 15) is 0 Å². The summed E-state index contributed by atoms with van der Waals surface area (Å²) in [4.78, 5) is 1.06. The molecule has 0 atom stereocenters. The average Bonchev–Trinajstić information content (AvgIpc) is 2.61. The van der Waals surface area contributed by atoms with Crippen LogP contribution in [-0.4, -0.2) is 13.2 Å². The molecule has 4 heteroatoms. The van der Waals surface area contributed by atoms with Gasteiger partial charge in [-0.15, -0.1) is 11.3 Å². The SMILES string of the molecule is Cc1cc(C2OCCO2)sc1Cl. The van der Waals surface area contributed by atoms with Crippen LogP contribution in [0.25, 0.3) is 0 Å². The highest BCUT2D eigenvalue weighted by Gasteiger charge is 2.20. The Kier molecular flexibility index (Phi) is 2.37. The number of hydrogen-bond acceptors (Lipinski definition) is 3. The van der Waals surface area contributed by atoms with Crippen LogP contribution < -0.4 is 0 Å². The number of ether oxygens (including phenoxy) is 2. The van der Waals surface area contributed by atoms with Crippen molar-refractivity contribution < 1.29 is 9.47 Å². The van der Waals surface area contributed by atoms with Gasteiger partial charge in [0.25, 0.3) is 0 Å². The van der Waals surface area contributed by atoms with Crippen molar-refractivity contribution in [3.05, 3.63) is 20.8 Å². The first-order valence-corrected chi connectivity index (χ1v) is 4.96. The zero-order chi connectivity index (χ0) is 8.55. The second-order valence-electron chi connectivity index (χ2n) is 2.68. The van der Waals surface area contributed by atoms with Gasteiger partial charge in [0, 0.05) is 0 Å². The first-order valence-electron chi connectivity index (χ1n) is 3.76. The molecule has 66 valence electrons. The molecule has 0 amide bonds. The van der Waals surface area contributed by atoms with E-state index in [4.69, 9.17) is 21.1 Å². The lowest BCUT2D eigenvalue weighted by Gasteiger charge is -2.03. The molecule has 0 spiro atoms. The third-order valence-electron chi connectivity index (χ3n) is 1.73. The molecular formula is C8H9ClO2S. The number of hydrogen-bond donors (Lipinski definition) is 0. The fourth-order valence-corrected chi connectivity index (χ4v) is 2.34. The Bertz CT molecular complexity index is 259. The minimum Gasteiger partial charge on any atom is -0.345 e. The van der Waals surface area contributed by atoms with Crippen molar-refractivity contribution in [3.8, 4) is 0 Å². The van der Waals surface area contributed by atoms with Gasteiger partial charge in [0.05, 0.1) is 22.4 Å². The zero-order valence-electron chi connectivity index (χ0n) is 6.67.